The molecule has 0 aliphatic rings. The molecule has 6 nitrogen and oxygen atoms in total. The highest BCUT2D eigenvalue weighted by Crippen LogP contribution is 2.16. The van der Waals surface area contributed by atoms with Crippen LogP contribution < -0.4 is 0 Å². The molecule has 75 heavy (non-hydrogen) atoms. The van der Waals surface area contributed by atoms with Crippen molar-refractivity contribution in [2.75, 3.05) is 13.2 Å². The van der Waals surface area contributed by atoms with Crippen LogP contribution in [0.25, 0.3) is 0 Å². The Morgan fingerprint density at radius 2 is 0.520 bits per heavy atom. The topological polar surface area (TPSA) is 78.9 Å². The molecule has 0 saturated carbocycles. The zero-order chi connectivity index (χ0) is 54.3. The first-order chi connectivity index (χ1) is 37.0. The molecule has 0 aromatic rings. The number of carbonyl (C=O) groups excluding carboxylic acids is 3. The molecule has 0 aromatic heterocycles. The molecule has 1 unspecified atom stereocenters. The number of ether oxygens (including phenoxy) is 3. The van der Waals surface area contributed by atoms with E-state index in [4.69, 9.17) is 14.2 Å². The Hall–Kier alpha value is -4.19. The fourth-order valence-electron chi connectivity index (χ4n) is 8.38. The molecule has 0 rings (SSSR count). The van der Waals surface area contributed by atoms with Gasteiger partial charge in [-0.05, 0) is 109 Å². The van der Waals surface area contributed by atoms with Crippen molar-refractivity contribution in [2.24, 2.45) is 0 Å². The summed E-state index contributed by atoms with van der Waals surface area (Å²) in [7, 11) is 0. The average molecular weight is 1040 g/mol. The molecular weight excluding hydrogens is 925 g/mol. The van der Waals surface area contributed by atoms with Gasteiger partial charge in [0.2, 0.25) is 0 Å². The lowest BCUT2D eigenvalue weighted by Crippen LogP contribution is -2.30. The molecule has 0 fully saturated rings. The summed E-state index contributed by atoms with van der Waals surface area (Å²) in [6.07, 6.45) is 86.2. The lowest BCUT2D eigenvalue weighted by molar-refractivity contribution is -0.167. The third kappa shape index (κ3) is 60.6. The minimum atomic E-state index is -0.813. The summed E-state index contributed by atoms with van der Waals surface area (Å²) >= 11 is 0. The summed E-state index contributed by atoms with van der Waals surface area (Å²) in [5.74, 6) is -0.964. The predicted molar refractivity (Wildman–Crippen MR) is 325 cm³/mol. The van der Waals surface area contributed by atoms with E-state index in [1.54, 1.807) is 0 Å². The highest BCUT2D eigenvalue weighted by atomic mass is 16.6. The molecular formula is C69H114O6. The van der Waals surface area contributed by atoms with Gasteiger partial charge in [-0.15, -0.1) is 0 Å². The zero-order valence-electron chi connectivity index (χ0n) is 48.8. The quantitative estimate of drug-likeness (QED) is 0.0261. The number of esters is 3. The van der Waals surface area contributed by atoms with Gasteiger partial charge in [0.25, 0.3) is 0 Å². The van der Waals surface area contributed by atoms with Crippen LogP contribution in [-0.4, -0.2) is 37.2 Å². The normalized spacial score (nSPS) is 12.9. The maximum Gasteiger partial charge on any atom is 0.306 e. The third-order valence-electron chi connectivity index (χ3n) is 13.0. The lowest BCUT2D eigenvalue weighted by Gasteiger charge is -2.18. The molecule has 0 saturated heterocycles. The Kier molecular flexibility index (Phi) is 58.9. The van der Waals surface area contributed by atoms with Crippen LogP contribution in [0.1, 0.15) is 278 Å². The van der Waals surface area contributed by atoms with Crippen molar-refractivity contribution in [1.29, 1.82) is 0 Å². The molecule has 0 bridgehead atoms. The third-order valence-corrected chi connectivity index (χ3v) is 13.0. The average Bonchev–Trinajstić information content (AvgIpc) is 3.41. The number of rotatable bonds is 55. The Morgan fingerprint density at radius 1 is 0.280 bits per heavy atom. The van der Waals surface area contributed by atoms with Gasteiger partial charge < -0.3 is 14.2 Å². The van der Waals surface area contributed by atoms with E-state index in [1.165, 1.54) is 103 Å². The Balaban J connectivity index is 4.50. The molecule has 0 aliphatic carbocycles. The summed E-state index contributed by atoms with van der Waals surface area (Å²) in [5, 5.41) is 0. The van der Waals surface area contributed by atoms with Crippen molar-refractivity contribution < 1.29 is 28.6 Å². The number of carbonyl (C=O) groups is 3. The number of unbranched alkanes of at least 4 members (excludes halogenated alkanes) is 24. The van der Waals surface area contributed by atoms with Crippen LogP contribution in [0.5, 0.6) is 0 Å². The van der Waals surface area contributed by atoms with E-state index < -0.39 is 6.10 Å². The van der Waals surface area contributed by atoms with E-state index in [0.29, 0.717) is 12.8 Å². The van der Waals surface area contributed by atoms with Gasteiger partial charge in [0.15, 0.2) is 6.10 Å². The number of allylic oxidation sites excluding steroid dienone is 20. The van der Waals surface area contributed by atoms with E-state index in [0.717, 1.165) is 135 Å². The first kappa shape index (κ1) is 70.8. The van der Waals surface area contributed by atoms with E-state index in [9.17, 15) is 14.4 Å². The van der Waals surface area contributed by atoms with Crippen LogP contribution in [0, 0.1) is 0 Å². The molecule has 0 heterocycles. The van der Waals surface area contributed by atoms with Gasteiger partial charge in [0.1, 0.15) is 13.2 Å². The van der Waals surface area contributed by atoms with E-state index >= 15 is 0 Å². The van der Waals surface area contributed by atoms with Gasteiger partial charge in [0.05, 0.1) is 0 Å². The molecule has 0 spiro atoms. The van der Waals surface area contributed by atoms with Crippen LogP contribution in [0.2, 0.25) is 0 Å². The number of hydrogen-bond acceptors (Lipinski definition) is 6. The fourth-order valence-corrected chi connectivity index (χ4v) is 8.38. The second-order valence-electron chi connectivity index (χ2n) is 20.2. The molecule has 1 atom stereocenters. The van der Waals surface area contributed by atoms with Crippen LogP contribution in [-0.2, 0) is 28.6 Å². The van der Waals surface area contributed by atoms with Gasteiger partial charge in [-0.2, -0.15) is 0 Å². The first-order valence-electron chi connectivity index (χ1n) is 31.0. The molecule has 426 valence electrons. The van der Waals surface area contributed by atoms with Crippen molar-refractivity contribution in [1.82, 2.24) is 0 Å². The van der Waals surface area contributed by atoms with Crippen molar-refractivity contribution in [2.45, 2.75) is 284 Å². The van der Waals surface area contributed by atoms with E-state index in [2.05, 4.69) is 142 Å². The highest BCUT2D eigenvalue weighted by Gasteiger charge is 2.19. The second-order valence-corrected chi connectivity index (χ2v) is 20.2. The summed E-state index contributed by atoms with van der Waals surface area (Å²) < 4.78 is 16.9. The van der Waals surface area contributed by atoms with Crippen molar-refractivity contribution >= 4 is 17.9 Å². The predicted octanol–water partition coefficient (Wildman–Crippen LogP) is 21.2. The van der Waals surface area contributed by atoms with Crippen molar-refractivity contribution in [3.05, 3.63) is 122 Å². The standard InChI is InChI=1S/C69H114O6/c1-4-7-10-13-16-19-22-25-28-31-34-37-40-43-46-49-52-55-58-61-67(70)73-64-66(75-69(72)63-60-57-54-51-48-45-42-39-36-33-30-27-24-21-18-15-12-9-6-3)65-74-68(71)62-59-56-53-50-47-44-41-38-35-32-29-26-23-20-17-14-11-8-5-2/h7,9-10,12,16,18-19,21,25,27-28,30,34,36-37,39,43,45-46,48,66H,4-6,8,11,13-15,17,20,22-24,26,29,31-33,35,38,40-42,44,47,49-65H2,1-3H3/b10-7-,12-9-,19-16-,21-18-,28-25-,30-27-,37-34-,39-36-,46-43-,48-45-. The Bertz CT molecular complexity index is 1570. The zero-order valence-corrected chi connectivity index (χ0v) is 48.8. The minimum Gasteiger partial charge on any atom is -0.462 e. The van der Waals surface area contributed by atoms with Crippen LogP contribution in [0.15, 0.2) is 122 Å². The van der Waals surface area contributed by atoms with E-state index in [1.807, 2.05) is 0 Å². The molecule has 0 aromatic carbocycles. The van der Waals surface area contributed by atoms with Gasteiger partial charge in [-0.1, -0.05) is 271 Å². The van der Waals surface area contributed by atoms with E-state index in [-0.39, 0.29) is 37.5 Å². The fraction of sp³-hybridized carbons (Fsp3) is 0.667. The highest BCUT2D eigenvalue weighted by molar-refractivity contribution is 5.71. The Labute approximate surface area is 462 Å². The second kappa shape index (κ2) is 62.4. The maximum absolute atomic E-state index is 12.9. The molecule has 6 heteroatoms. The summed E-state index contributed by atoms with van der Waals surface area (Å²) in [6, 6.07) is 0. The van der Waals surface area contributed by atoms with Crippen LogP contribution in [0.4, 0.5) is 0 Å². The lowest BCUT2D eigenvalue weighted by atomic mass is 10.0. The maximum atomic E-state index is 12.9. The van der Waals surface area contributed by atoms with Crippen LogP contribution in [0.3, 0.4) is 0 Å². The minimum absolute atomic E-state index is 0.103. The molecule has 0 aliphatic heterocycles. The summed E-state index contributed by atoms with van der Waals surface area (Å²) in [4.78, 5) is 38.3. The number of hydrogen-bond donors (Lipinski definition) is 0. The summed E-state index contributed by atoms with van der Waals surface area (Å²) in [5.41, 5.74) is 0. The monoisotopic (exact) mass is 1040 g/mol. The first-order valence-corrected chi connectivity index (χ1v) is 31.0. The van der Waals surface area contributed by atoms with Gasteiger partial charge in [-0.3, -0.25) is 14.4 Å². The molecule has 0 radical (unpaired) electrons. The van der Waals surface area contributed by atoms with Crippen molar-refractivity contribution in [3.8, 4) is 0 Å². The summed E-state index contributed by atoms with van der Waals surface area (Å²) in [6.45, 7) is 6.38. The molecule has 0 N–H and O–H groups in total. The van der Waals surface area contributed by atoms with Crippen LogP contribution >= 0.6 is 0 Å². The van der Waals surface area contributed by atoms with Gasteiger partial charge in [-0.25, -0.2) is 0 Å². The Morgan fingerprint density at radius 3 is 0.813 bits per heavy atom. The SMILES string of the molecule is CC/C=C\C/C=C\C/C=C\C/C=C\C/C=C\CCCCCC(=O)OCC(COC(=O)CCCCCCCCCCCCCCCCCCCCC)OC(=O)CCCCC/C=C\C/C=C\C/C=C\C/C=C\C/C=C\CC. The molecule has 0 amide bonds. The van der Waals surface area contributed by atoms with Gasteiger partial charge in [0, 0.05) is 19.3 Å². The smallest absolute Gasteiger partial charge is 0.306 e. The van der Waals surface area contributed by atoms with Gasteiger partial charge >= 0.3 is 17.9 Å². The van der Waals surface area contributed by atoms with Crippen molar-refractivity contribution in [3.63, 3.8) is 0 Å². The largest absolute Gasteiger partial charge is 0.462 e.